The number of carbonyl (C=O) groups is 4. The molecule has 0 aromatic heterocycles. The number of benzene rings is 1. The highest BCUT2D eigenvalue weighted by atomic mass is 16.5. The van der Waals surface area contributed by atoms with Crippen LogP contribution in [0.25, 0.3) is 0 Å². The fraction of sp³-hybridized carbons (Fsp3) is 0.500. The van der Waals surface area contributed by atoms with E-state index >= 15 is 0 Å². The summed E-state index contributed by atoms with van der Waals surface area (Å²) in [6, 6.07) is 6.43. The lowest BCUT2D eigenvalue weighted by Crippen LogP contribution is -2.41. The highest BCUT2D eigenvalue weighted by molar-refractivity contribution is 6.22. The number of fused-ring (bicyclic) bond motifs is 1. The van der Waals surface area contributed by atoms with Crippen molar-refractivity contribution in [1.82, 2.24) is 15.1 Å². The molecule has 0 radical (unpaired) electrons. The molecule has 3 rings (SSSR count). The fourth-order valence-corrected chi connectivity index (χ4v) is 3.91. The number of nitrogens with one attached hydrogen (secondary N) is 1. The Labute approximate surface area is 180 Å². The topological polar surface area (TPSA) is 120 Å². The van der Waals surface area contributed by atoms with Crippen LogP contribution < -0.4 is 5.32 Å². The molecule has 0 spiro atoms. The van der Waals surface area contributed by atoms with Crippen molar-refractivity contribution in [3.8, 4) is 6.07 Å². The van der Waals surface area contributed by atoms with Gasteiger partial charge in [0.25, 0.3) is 17.7 Å². The Morgan fingerprint density at radius 1 is 1.19 bits per heavy atom. The molecule has 2 aliphatic heterocycles. The Hall–Kier alpha value is -3.25. The van der Waals surface area contributed by atoms with E-state index in [4.69, 9.17) is 10.00 Å². The third-order valence-corrected chi connectivity index (χ3v) is 5.71. The van der Waals surface area contributed by atoms with Crippen LogP contribution in [0.15, 0.2) is 18.2 Å². The molecule has 0 unspecified atom stereocenters. The van der Waals surface area contributed by atoms with Gasteiger partial charge >= 0.3 is 0 Å². The van der Waals surface area contributed by atoms with Gasteiger partial charge in [-0.1, -0.05) is 0 Å². The van der Waals surface area contributed by atoms with Crippen LogP contribution in [0.5, 0.6) is 0 Å². The Morgan fingerprint density at radius 3 is 2.58 bits per heavy atom. The first-order valence-electron chi connectivity index (χ1n) is 10.4. The molecular weight excluding hydrogens is 400 g/mol. The van der Waals surface area contributed by atoms with E-state index < -0.39 is 0 Å². The number of piperidine rings is 1. The van der Waals surface area contributed by atoms with Gasteiger partial charge in [-0.05, 0) is 43.4 Å². The third kappa shape index (κ3) is 5.09. The van der Waals surface area contributed by atoms with E-state index in [9.17, 15) is 19.2 Å². The molecule has 164 valence electrons. The van der Waals surface area contributed by atoms with Crippen LogP contribution >= 0.6 is 0 Å². The lowest BCUT2D eigenvalue weighted by molar-refractivity contribution is -0.131. The normalized spacial score (nSPS) is 16.3. The van der Waals surface area contributed by atoms with Gasteiger partial charge in [0.15, 0.2) is 0 Å². The summed E-state index contributed by atoms with van der Waals surface area (Å²) in [5, 5.41) is 11.5. The minimum Gasteiger partial charge on any atom is -0.385 e. The average Bonchev–Trinajstić information content (AvgIpc) is 3.02. The first kappa shape index (κ1) is 22.4. The lowest BCUT2D eigenvalue weighted by Gasteiger charge is -2.31. The minimum absolute atomic E-state index is 0.106. The molecule has 0 atom stereocenters. The zero-order chi connectivity index (χ0) is 22.4. The number of amides is 4. The molecule has 0 bridgehead atoms. The third-order valence-electron chi connectivity index (χ3n) is 5.71. The van der Waals surface area contributed by atoms with Crippen molar-refractivity contribution >= 4 is 23.6 Å². The van der Waals surface area contributed by atoms with E-state index in [1.807, 2.05) is 6.07 Å². The first-order chi connectivity index (χ1) is 15.0. The number of rotatable bonds is 8. The molecule has 1 aromatic carbocycles. The number of carbonyl (C=O) groups excluding carboxylic acids is 4. The average molecular weight is 426 g/mol. The number of methoxy groups -OCH3 is 1. The van der Waals surface area contributed by atoms with Crippen molar-refractivity contribution in [2.75, 3.05) is 39.9 Å². The van der Waals surface area contributed by atoms with Crippen LogP contribution in [0, 0.1) is 17.2 Å². The van der Waals surface area contributed by atoms with Gasteiger partial charge < -0.3 is 15.0 Å². The molecule has 1 saturated heterocycles. The Balaban J connectivity index is 1.54. The standard InChI is InChI=1S/C22H26N4O5/c1-31-12-2-9-26-21(29)17-4-3-16(13-18(17)22(26)30)20(28)24-14-15-6-10-25(11-7-15)19(27)5-8-23/h3-4,13,15H,2,5-7,9-12,14H2,1H3,(H,24,28). The number of hydrogen-bond donors (Lipinski definition) is 1. The zero-order valence-electron chi connectivity index (χ0n) is 17.6. The smallest absolute Gasteiger partial charge is 0.261 e. The number of ether oxygens (including phenoxy) is 1. The quantitative estimate of drug-likeness (QED) is 0.493. The predicted octanol–water partition coefficient (Wildman–Crippen LogP) is 1.20. The number of nitrogens with zero attached hydrogens (tertiary/aromatic N) is 3. The highest BCUT2D eigenvalue weighted by Crippen LogP contribution is 2.24. The van der Waals surface area contributed by atoms with Crippen LogP contribution in [-0.2, 0) is 9.53 Å². The van der Waals surface area contributed by atoms with Crippen LogP contribution in [0.2, 0.25) is 0 Å². The molecule has 9 heteroatoms. The van der Waals surface area contributed by atoms with Gasteiger partial charge in [-0.15, -0.1) is 0 Å². The van der Waals surface area contributed by atoms with Crippen LogP contribution in [0.3, 0.4) is 0 Å². The van der Waals surface area contributed by atoms with Gasteiger partial charge in [0.05, 0.1) is 17.2 Å². The van der Waals surface area contributed by atoms with Gasteiger partial charge in [0, 0.05) is 45.5 Å². The van der Waals surface area contributed by atoms with Gasteiger partial charge in [-0.3, -0.25) is 24.1 Å². The summed E-state index contributed by atoms with van der Waals surface area (Å²) in [7, 11) is 1.56. The van der Waals surface area contributed by atoms with Crippen molar-refractivity contribution in [3.05, 3.63) is 34.9 Å². The molecule has 1 aromatic rings. The molecule has 0 saturated carbocycles. The summed E-state index contributed by atoms with van der Waals surface area (Å²) in [5.74, 6) is -0.951. The van der Waals surface area contributed by atoms with Crippen molar-refractivity contribution in [2.45, 2.75) is 25.7 Å². The maximum absolute atomic E-state index is 12.6. The summed E-state index contributed by atoms with van der Waals surface area (Å²) in [6.07, 6.45) is 1.96. The van der Waals surface area contributed by atoms with E-state index in [1.165, 1.54) is 17.0 Å². The van der Waals surface area contributed by atoms with Gasteiger partial charge in [-0.2, -0.15) is 5.26 Å². The maximum atomic E-state index is 12.6. The van der Waals surface area contributed by atoms with Crippen molar-refractivity contribution in [1.29, 1.82) is 5.26 Å². The maximum Gasteiger partial charge on any atom is 0.261 e. The summed E-state index contributed by atoms with van der Waals surface area (Å²) >= 11 is 0. The second-order valence-corrected chi connectivity index (χ2v) is 7.74. The molecule has 9 nitrogen and oxygen atoms in total. The summed E-state index contributed by atoms with van der Waals surface area (Å²) in [6.45, 7) is 2.35. The van der Waals surface area contributed by atoms with E-state index in [0.29, 0.717) is 43.8 Å². The lowest BCUT2D eigenvalue weighted by atomic mass is 9.96. The largest absolute Gasteiger partial charge is 0.385 e. The second kappa shape index (κ2) is 10.2. The molecule has 31 heavy (non-hydrogen) atoms. The van der Waals surface area contributed by atoms with Crippen LogP contribution in [0.4, 0.5) is 0 Å². The second-order valence-electron chi connectivity index (χ2n) is 7.74. The van der Waals surface area contributed by atoms with E-state index in [1.54, 1.807) is 18.1 Å². The summed E-state index contributed by atoms with van der Waals surface area (Å²) < 4.78 is 4.97. The number of nitriles is 1. The molecule has 0 aliphatic carbocycles. The van der Waals surface area contributed by atoms with Gasteiger partial charge in [0.1, 0.15) is 6.42 Å². The monoisotopic (exact) mass is 426 g/mol. The van der Waals surface area contributed by atoms with Crippen molar-refractivity contribution < 1.29 is 23.9 Å². The number of likely N-dealkylation sites (tertiary alicyclic amines) is 1. The van der Waals surface area contributed by atoms with E-state index in [2.05, 4.69) is 5.32 Å². The van der Waals surface area contributed by atoms with Crippen molar-refractivity contribution in [3.63, 3.8) is 0 Å². The molecule has 1 N–H and O–H groups in total. The molecular formula is C22H26N4O5. The van der Waals surface area contributed by atoms with Gasteiger partial charge in [0.2, 0.25) is 5.91 Å². The fourth-order valence-electron chi connectivity index (χ4n) is 3.91. The number of imide groups is 1. The van der Waals surface area contributed by atoms with E-state index in [-0.39, 0.29) is 48.1 Å². The molecule has 1 fully saturated rings. The summed E-state index contributed by atoms with van der Waals surface area (Å²) in [5.41, 5.74) is 0.896. The SMILES string of the molecule is COCCCN1C(=O)c2ccc(C(=O)NCC3CCN(C(=O)CC#N)CC3)cc2C1=O. The first-order valence-corrected chi connectivity index (χ1v) is 10.4. The predicted molar refractivity (Wildman–Crippen MR) is 110 cm³/mol. The zero-order valence-corrected chi connectivity index (χ0v) is 17.6. The highest BCUT2D eigenvalue weighted by Gasteiger charge is 2.35. The van der Waals surface area contributed by atoms with E-state index in [0.717, 1.165) is 12.8 Å². The Morgan fingerprint density at radius 2 is 1.90 bits per heavy atom. The van der Waals surface area contributed by atoms with Crippen LogP contribution in [-0.4, -0.2) is 73.3 Å². The summed E-state index contributed by atoms with van der Waals surface area (Å²) in [4.78, 5) is 52.3. The molecule has 2 aliphatic rings. The Kier molecular flexibility index (Phi) is 7.36. The minimum atomic E-state index is -0.389. The van der Waals surface area contributed by atoms with Gasteiger partial charge in [-0.25, -0.2) is 0 Å². The molecule has 2 heterocycles. The van der Waals surface area contributed by atoms with Crippen LogP contribution in [0.1, 0.15) is 56.8 Å². The number of hydrogen-bond acceptors (Lipinski definition) is 6. The molecule has 4 amide bonds. The van der Waals surface area contributed by atoms with Crippen molar-refractivity contribution in [2.24, 2.45) is 5.92 Å². The Bertz CT molecular complexity index is 915.